The number of nitrogens with one attached hydrogen (secondary N) is 1. The summed E-state index contributed by atoms with van der Waals surface area (Å²) >= 11 is 0. The molecular formula is C25H19NO4. The van der Waals surface area contributed by atoms with Gasteiger partial charge in [-0.15, -0.1) is 0 Å². The quantitative estimate of drug-likeness (QED) is 0.464. The zero-order chi connectivity index (χ0) is 20.9. The average Bonchev–Trinajstić information content (AvgIpc) is 2.78. The lowest BCUT2D eigenvalue weighted by molar-refractivity contribution is -0.119. The Morgan fingerprint density at radius 3 is 2.20 bits per heavy atom. The number of esters is 1. The van der Waals surface area contributed by atoms with Gasteiger partial charge in [0, 0.05) is 11.3 Å². The molecule has 0 saturated heterocycles. The third kappa shape index (κ3) is 4.15. The minimum Gasteiger partial charge on any atom is -0.507 e. The number of carbonyl (C=O) groups excluding carboxylic acids is 2. The standard InChI is InChI=1S/C25H19NO4/c27-23-15-19-11-5-4-10-18(19)14-21(23)25(29)30-16-24(28)26-22-13-7-6-12-20(22)17-8-2-1-3-9-17/h1-15,27H,16H2,(H,26,28). The molecule has 0 unspecified atom stereocenters. The van der Waals surface area contributed by atoms with Crippen molar-refractivity contribution in [3.63, 3.8) is 0 Å². The normalized spacial score (nSPS) is 10.5. The van der Waals surface area contributed by atoms with Crippen molar-refractivity contribution in [2.24, 2.45) is 0 Å². The van der Waals surface area contributed by atoms with E-state index in [4.69, 9.17) is 4.74 Å². The Balaban J connectivity index is 1.45. The summed E-state index contributed by atoms with van der Waals surface area (Å²) in [4.78, 5) is 24.8. The average molecular weight is 397 g/mol. The van der Waals surface area contributed by atoms with Crippen LogP contribution >= 0.6 is 0 Å². The van der Waals surface area contributed by atoms with Gasteiger partial charge < -0.3 is 15.2 Å². The van der Waals surface area contributed by atoms with Gasteiger partial charge in [0.1, 0.15) is 11.3 Å². The summed E-state index contributed by atoms with van der Waals surface area (Å²) in [6.45, 7) is -0.464. The van der Waals surface area contributed by atoms with Crippen LogP contribution in [0.3, 0.4) is 0 Å². The molecule has 0 aromatic heterocycles. The smallest absolute Gasteiger partial charge is 0.342 e. The zero-order valence-corrected chi connectivity index (χ0v) is 16.0. The van der Waals surface area contributed by atoms with E-state index in [0.29, 0.717) is 5.69 Å². The van der Waals surface area contributed by atoms with Crippen molar-refractivity contribution in [2.45, 2.75) is 0 Å². The highest BCUT2D eigenvalue weighted by Crippen LogP contribution is 2.28. The van der Waals surface area contributed by atoms with Crippen LogP contribution in [0.25, 0.3) is 21.9 Å². The Morgan fingerprint density at radius 2 is 1.43 bits per heavy atom. The minimum atomic E-state index is -0.759. The molecule has 5 nitrogen and oxygen atoms in total. The van der Waals surface area contributed by atoms with Gasteiger partial charge in [-0.25, -0.2) is 4.79 Å². The topological polar surface area (TPSA) is 75.6 Å². The van der Waals surface area contributed by atoms with Crippen LogP contribution in [0.4, 0.5) is 5.69 Å². The molecule has 2 N–H and O–H groups in total. The van der Waals surface area contributed by atoms with Crippen LogP contribution in [0.1, 0.15) is 10.4 Å². The first kappa shape index (κ1) is 19.2. The monoisotopic (exact) mass is 397 g/mol. The molecule has 148 valence electrons. The van der Waals surface area contributed by atoms with Gasteiger partial charge in [0.2, 0.25) is 0 Å². The Labute approximate surface area is 173 Å². The van der Waals surface area contributed by atoms with Gasteiger partial charge in [0.15, 0.2) is 6.61 Å². The van der Waals surface area contributed by atoms with E-state index >= 15 is 0 Å². The lowest BCUT2D eigenvalue weighted by Crippen LogP contribution is -2.21. The Morgan fingerprint density at radius 1 is 0.800 bits per heavy atom. The Kier molecular flexibility index (Phi) is 5.44. The summed E-state index contributed by atoms with van der Waals surface area (Å²) in [6, 6.07) is 27.5. The molecule has 5 heteroatoms. The molecule has 0 atom stereocenters. The first-order chi connectivity index (χ1) is 14.6. The summed E-state index contributed by atoms with van der Waals surface area (Å²) in [5.74, 6) is -1.41. The molecule has 4 aromatic rings. The molecule has 0 aliphatic heterocycles. The molecule has 0 saturated carbocycles. The lowest BCUT2D eigenvalue weighted by atomic mass is 10.0. The molecule has 0 spiro atoms. The highest BCUT2D eigenvalue weighted by Gasteiger charge is 2.16. The van der Waals surface area contributed by atoms with Crippen LogP contribution in [0.15, 0.2) is 91.0 Å². The van der Waals surface area contributed by atoms with Crippen molar-refractivity contribution >= 4 is 28.3 Å². The molecule has 0 aliphatic carbocycles. The predicted molar refractivity (Wildman–Crippen MR) is 116 cm³/mol. The second-order valence-electron chi connectivity index (χ2n) is 6.75. The molecular weight excluding hydrogens is 378 g/mol. The molecule has 0 fully saturated rings. The molecule has 0 heterocycles. The fourth-order valence-electron chi connectivity index (χ4n) is 3.25. The third-order valence-corrected chi connectivity index (χ3v) is 4.70. The van der Waals surface area contributed by atoms with Crippen molar-refractivity contribution in [2.75, 3.05) is 11.9 Å². The SMILES string of the molecule is O=C(COC(=O)c1cc2ccccc2cc1O)Nc1ccccc1-c1ccccc1. The number of phenolic OH excluding ortho intramolecular Hbond substituents is 1. The molecule has 30 heavy (non-hydrogen) atoms. The van der Waals surface area contributed by atoms with E-state index < -0.39 is 18.5 Å². The number of benzene rings is 4. The summed E-state index contributed by atoms with van der Waals surface area (Å²) in [5, 5.41) is 14.5. The second kappa shape index (κ2) is 8.49. The van der Waals surface area contributed by atoms with Crippen molar-refractivity contribution < 1.29 is 19.4 Å². The number of rotatable bonds is 5. The number of fused-ring (bicyclic) bond motifs is 1. The van der Waals surface area contributed by atoms with E-state index in [0.717, 1.165) is 21.9 Å². The maximum Gasteiger partial charge on any atom is 0.342 e. The number of para-hydroxylation sites is 1. The first-order valence-electron chi connectivity index (χ1n) is 9.45. The predicted octanol–water partition coefficient (Wildman–Crippen LogP) is 5.01. The zero-order valence-electron chi connectivity index (χ0n) is 16.0. The number of aromatic hydroxyl groups is 1. The van der Waals surface area contributed by atoms with E-state index in [2.05, 4.69) is 5.32 Å². The Hall–Kier alpha value is -4.12. The summed E-state index contributed by atoms with van der Waals surface area (Å²) in [7, 11) is 0. The highest BCUT2D eigenvalue weighted by molar-refractivity contribution is 6.01. The van der Waals surface area contributed by atoms with E-state index in [1.54, 1.807) is 12.1 Å². The fraction of sp³-hybridized carbons (Fsp3) is 0.0400. The van der Waals surface area contributed by atoms with Gasteiger partial charge in [-0.2, -0.15) is 0 Å². The third-order valence-electron chi connectivity index (χ3n) is 4.70. The molecule has 0 radical (unpaired) electrons. The van der Waals surface area contributed by atoms with Gasteiger partial charge in [-0.3, -0.25) is 4.79 Å². The maximum absolute atomic E-state index is 12.4. The van der Waals surface area contributed by atoms with E-state index in [-0.39, 0.29) is 11.3 Å². The van der Waals surface area contributed by atoms with Crippen molar-refractivity contribution in [3.05, 3.63) is 96.6 Å². The summed E-state index contributed by atoms with van der Waals surface area (Å²) in [5.41, 5.74) is 2.47. The molecule has 4 aromatic carbocycles. The van der Waals surface area contributed by atoms with Gasteiger partial charge in [0.25, 0.3) is 5.91 Å². The number of amides is 1. The van der Waals surface area contributed by atoms with Gasteiger partial charge >= 0.3 is 5.97 Å². The van der Waals surface area contributed by atoms with Crippen LogP contribution in [0.2, 0.25) is 0 Å². The molecule has 1 amide bonds. The fourth-order valence-corrected chi connectivity index (χ4v) is 3.25. The molecule has 0 aliphatic rings. The van der Waals surface area contributed by atoms with Crippen molar-refractivity contribution in [1.29, 1.82) is 0 Å². The van der Waals surface area contributed by atoms with E-state index in [1.807, 2.05) is 72.8 Å². The van der Waals surface area contributed by atoms with Crippen LogP contribution in [0.5, 0.6) is 5.75 Å². The Bertz CT molecular complexity index is 1220. The number of anilines is 1. The summed E-state index contributed by atoms with van der Waals surface area (Å²) < 4.78 is 5.13. The van der Waals surface area contributed by atoms with Crippen LogP contribution in [-0.2, 0) is 9.53 Å². The van der Waals surface area contributed by atoms with E-state index in [1.165, 1.54) is 6.07 Å². The van der Waals surface area contributed by atoms with Gasteiger partial charge in [0.05, 0.1) is 0 Å². The van der Waals surface area contributed by atoms with Crippen LogP contribution < -0.4 is 5.32 Å². The number of phenols is 1. The number of ether oxygens (including phenoxy) is 1. The first-order valence-corrected chi connectivity index (χ1v) is 9.45. The summed E-state index contributed by atoms with van der Waals surface area (Å²) in [6.07, 6.45) is 0. The number of carbonyl (C=O) groups is 2. The highest BCUT2D eigenvalue weighted by atomic mass is 16.5. The molecule has 0 bridgehead atoms. The van der Waals surface area contributed by atoms with Gasteiger partial charge in [-0.1, -0.05) is 72.8 Å². The number of hydrogen-bond acceptors (Lipinski definition) is 4. The number of hydrogen-bond donors (Lipinski definition) is 2. The van der Waals surface area contributed by atoms with Crippen molar-refractivity contribution in [1.82, 2.24) is 0 Å². The molecule has 4 rings (SSSR count). The largest absolute Gasteiger partial charge is 0.507 e. The van der Waals surface area contributed by atoms with Crippen molar-refractivity contribution in [3.8, 4) is 16.9 Å². The van der Waals surface area contributed by atoms with E-state index in [9.17, 15) is 14.7 Å². The maximum atomic E-state index is 12.4. The second-order valence-corrected chi connectivity index (χ2v) is 6.75. The van der Waals surface area contributed by atoms with Crippen LogP contribution in [0, 0.1) is 0 Å². The lowest BCUT2D eigenvalue weighted by Gasteiger charge is -2.12. The van der Waals surface area contributed by atoms with Crippen LogP contribution in [-0.4, -0.2) is 23.6 Å². The van der Waals surface area contributed by atoms with Gasteiger partial charge in [-0.05, 0) is 34.5 Å². The minimum absolute atomic E-state index is 0.0196.